The van der Waals surface area contributed by atoms with Crippen molar-refractivity contribution >= 4 is 11.6 Å². The van der Waals surface area contributed by atoms with Gasteiger partial charge in [-0.25, -0.2) is 0 Å². The van der Waals surface area contributed by atoms with Crippen LogP contribution in [0.5, 0.6) is 0 Å². The van der Waals surface area contributed by atoms with Crippen LogP contribution in [0, 0.1) is 6.92 Å². The van der Waals surface area contributed by atoms with Gasteiger partial charge in [-0.15, -0.1) is 0 Å². The predicted octanol–water partition coefficient (Wildman–Crippen LogP) is 2.24. The van der Waals surface area contributed by atoms with Crippen LogP contribution in [-0.4, -0.2) is 0 Å². The average Bonchev–Trinajstić information content (AvgIpc) is 1.87. The molecular weight excluding hydrogens is 112 g/mol. The summed E-state index contributed by atoms with van der Waals surface area (Å²) in [5, 5.41) is 0.664. The van der Waals surface area contributed by atoms with Crippen molar-refractivity contribution < 1.29 is 4.42 Å². The number of halogens is 1. The second kappa shape index (κ2) is 1.58. The standard InChI is InChI=1S/C5H5ClO/c1-4-2-5(6)3-7-4/h2-3H,1H3. The van der Waals surface area contributed by atoms with Gasteiger partial charge >= 0.3 is 0 Å². The van der Waals surface area contributed by atoms with Gasteiger partial charge in [-0.1, -0.05) is 11.6 Å². The predicted molar refractivity (Wildman–Crippen MR) is 28.5 cm³/mol. The van der Waals surface area contributed by atoms with E-state index in [2.05, 4.69) is 0 Å². The van der Waals surface area contributed by atoms with Gasteiger partial charge in [0.25, 0.3) is 0 Å². The van der Waals surface area contributed by atoms with E-state index in [0.717, 1.165) is 5.76 Å². The van der Waals surface area contributed by atoms with Crippen LogP contribution >= 0.6 is 11.6 Å². The lowest BCUT2D eigenvalue weighted by molar-refractivity contribution is 0.534. The summed E-state index contributed by atoms with van der Waals surface area (Å²) in [6.45, 7) is 1.85. The molecule has 0 fully saturated rings. The monoisotopic (exact) mass is 116 g/mol. The van der Waals surface area contributed by atoms with Gasteiger partial charge in [0.1, 0.15) is 12.0 Å². The largest absolute Gasteiger partial charge is 0.468 e. The van der Waals surface area contributed by atoms with Gasteiger partial charge in [0, 0.05) is 0 Å². The molecule has 0 saturated carbocycles. The Labute approximate surface area is 46.9 Å². The lowest BCUT2D eigenvalue weighted by Gasteiger charge is -1.68. The molecule has 1 aromatic rings. The molecule has 1 rings (SSSR count). The van der Waals surface area contributed by atoms with Crippen molar-refractivity contribution in [1.29, 1.82) is 0 Å². The maximum absolute atomic E-state index is 5.47. The van der Waals surface area contributed by atoms with E-state index in [1.54, 1.807) is 6.07 Å². The maximum Gasteiger partial charge on any atom is 0.109 e. The van der Waals surface area contributed by atoms with Gasteiger partial charge < -0.3 is 4.42 Å². The first kappa shape index (κ1) is 4.72. The minimum absolute atomic E-state index is 0.664. The molecule has 0 unspecified atom stereocenters. The van der Waals surface area contributed by atoms with Crippen LogP contribution in [0.3, 0.4) is 0 Å². The van der Waals surface area contributed by atoms with E-state index >= 15 is 0 Å². The molecule has 0 aliphatic rings. The van der Waals surface area contributed by atoms with Crippen molar-refractivity contribution in [3.63, 3.8) is 0 Å². The van der Waals surface area contributed by atoms with Crippen molar-refractivity contribution in [2.45, 2.75) is 6.92 Å². The van der Waals surface area contributed by atoms with Crippen LogP contribution in [0.4, 0.5) is 0 Å². The molecule has 1 heterocycles. The summed E-state index contributed by atoms with van der Waals surface area (Å²) in [5.41, 5.74) is 0. The minimum atomic E-state index is 0.664. The van der Waals surface area contributed by atoms with E-state index in [1.807, 2.05) is 6.92 Å². The number of furan rings is 1. The fourth-order valence-electron chi connectivity index (χ4n) is 0.411. The molecular formula is C5H5ClO. The van der Waals surface area contributed by atoms with E-state index in [0.29, 0.717) is 5.02 Å². The molecule has 0 aromatic carbocycles. The van der Waals surface area contributed by atoms with Crippen molar-refractivity contribution in [3.8, 4) is 0 Å². The summed E-state index contributed by atoms with van der Waals surface area (Å²) in [4.78, 5) is 0. The molecule has 0 amide bonds. The Morgan fingerprint density at radius 3 is 2.57 bits per heavy atom. The molecule has 38 valence electrons. The minimum Gasteiger partial charge on any atom is -0.468 e. The summed E-state index contributed by atoms with van der Waals surface area (Å²) in [7, 11) is 0. The van der Waals surface area contributed by atoms with Crippen LogP contribution in [0.25, 0.3) is 0 Å². The van der Waals surface area contributed by atoms with Gasteiger partial charge in [0.05, 0.1) is 5.02 Å². The molecule has 0 bridgehead atoms. The molecule has 7 heavy (non-hydrogen) atoms. The molecule has 0 radical (unpaired) electrons. The van der Waals surface area contributed by atoms with Crippen molar-refractivity contribution in [2.24, 2.45) is 0 Å². The average molecular weight is 117 g/mol. The van der Waals surface area contributed by atoms with Crippen LogP contribution < -0.4 is 0 Å². The number of hydrogen-bond acceptors (Lipinski definition) is 1. The third kappa shape index (κ3) is 0.967. The Morgan fingerprint density at radius 1 is 1.71 bits per heavy atom. The van der Waals surface area contributed by atoms with Gasteiger partial charge in [-0.3, -0.25) is 0 Å². The first-order chi connectivity index (χ1) is 3.29. The van der Waals surface area contributed by atoms with E-state index in [4.69, 9.17) is 16.0 Å². The molecule has 1 nitrogen and oxygen atoms in total. The number of aryl methyl sites for hydroxylation is 1. The molecule has 0 aliphatic carbocycles. The first-order valence-electron chi connectivity index (χ1n) is 1.99. The normalized spacial score (nSPS) is 9.43. The van der Waals surface area contributed by atoms with Gasteiger partial charge in [0.15, 0.2) is 0 Å². The Kier molecular flexibility index (Phi) is 1.07. The summed E-state index contributed by atoms with van der Waals surface area (Å²) < 4.78 is 4.83. The molecule has 2 heteroatoms. The zero-order valence-electron chi connectivity index (χ0n) is 3.94. The Hall–Kier alpha value is -0.430. The smallest absolute Gasteiger partial charge is 0.109 e. The van der Waals surface area contributed by atoms with E-state index in [-0.39, 0.29) is 0 Å². The summed E-state index contributed by atoms with van der Waals surface area (Å²) >= 11 is 5.47. The molecule has 0 N–H and O–H groups in total. The first-order valence-corrected chi connectivity index (χ1v) is 2.37. The molecule has 0 atom stereocenters. The highest BCUT2D eigenvalue weighted by atomic mass is 35.5. The highest BCUT2D eigenvalue weighted by molar-refractivity contribution is 6.30. The molecule has 0 aliphatic heterocycles. The Balaban J connectivity index is 3.04. The topological polar surface area (TPSA) is 13.1 Å². The highest BCUT2D eigenvalue weighted by Gasteiger charge is 1.88. The number of rotatable bonds is 0. The van der Waals surface area contributed by atoms with Gasteiger partial charge in [0.2, 0.25) is 0 Å². The van der Waals surface area contributed by atoms with Crippen molar-refractivity contribution in [3.05, 3.63) is 23.1 Å². The van der Waals surface area contributed by atoms with Crippen LogP contribution in [0.2, 0.25) is 5.02 Å². The van der Waals surface area contributed by atoms with Crippen LogP contribution in [-0.2, 0) is 0 Å². The van der Waals surface area contributed by atoms with E-state index in [1.165, 1.54) is 6.26 Å². The number of hydrogen-bond donors (Lipinski definition) is 0. The lowest BCUT2D eigenvalue weighted by Crippen LogP contribution is -1.49. The Bertz CT molecular complexity index is 140. The maximum atomic E-state index is 5.47. The molecule has 0 spiro atoms. The SMILES string of the molecule is Cc1cc(Cl)co1. The summed E-state index contributed by atoms with van der Waals surface area (Å²) in [5.74, 6) is 0.852. The summed E-state index contributed by atoms with van der Waals surface area (Å²) in [6.07, 6.45) is 1.51. The quantitative estimate of drug-likeness (QED) is 0.507. The molecule has 1 aromatic heterocycles. The highest BCUT2D eigenvalue weighted by Crippen LogP contribution is 2.10. The fourth-order valence-corrected chi connectivity index (χ4v) is 0.610. The van der Waals surface area contributed by atoms with Gasteiger partial charge in [-0.2, -0.15) is 0 Å². The van der Waals surface area contributed by atoms with Crippen molar-refractivity contribution in [1.82, 2.24) is 0 Å². The van der Waals surface area contributed by atoms with Crippen LogP contribution in [0.15, 0.2) is 16.7 Å². The van der Waals surface area contributed by atoms with E-state index < -0.39 is 0 Å². The van der Waals surface area contributed by atoms with E-state index in [9.17, 15) is 0 Å². The second-order valence-electron chi connectivity index (χ2n) is 1.38. The van der Waals surface area contributed by atoms with Crippen LogP contribution in [0.1, 0.15) is 5.76 Å². The zero-order chi connectivity index (χ0) is 5.28. The third-order valence-electron chi connectivity index (χ3n) is 0.699. The fraction of sp³-hybridized carbons (Fsp3) is 0.200. The van der Waals surface area contributed by atoms with Gasteiger partial charge in [-0.05, 0) is 13.0 Å². The summed E-state index contributed by atoms with van der Waals surface area (Å²) in [6, 6.07) is 1.77. The van der Waals surface area contributed by atoms with Crippen molar-refractivity contribution in [2.75, 3.05) is 0 Å². The third-order valence-corrected chi connectivity index (χ3v) is 0.897. The molecule has 0 saturated heterocycles. The zero-order valence-corrected chi connectivity index (χ0v) is 4.70. The Morgan fingerprint density at radius 2 is 2.43 bits per heavy atom. The lowest BCUT2D eigenvalue weighted by atomic mass is 10.5. The second-order valence-corrected chi connectivity index (χ2v) is 1.81.